The topological polar surface area (TPSA) is 29.5 Å². The summed E-state index contributed by atoms with van der Waals surface area (Å²) in [6.45, 7) is 10.0. The largest absolute Gasteiger partial charge is 0.468 e. The summed E-state index contributed by atoms with van der Waals surface area (Å²) < 4.78 is 4.70. The highest BCUT2D eigenvalue weighted by molar-refractivity contribution is 5.71. The molecule has 0 rings (SSSR count). The van der Waals surface area contributed by atoms with Gasteiger partial charge in [-0.3, -0.25) is 9.69 Å². The molecule has 0 amide bonds. The first kappa shape index (κ1) is 14.4. The molecule has 0 aromatic rings. The maximum atomic E-state index is 11.2. The van der Waals surface area contributed by atoms with Crippen LogP contribution in [0.1, 0.15) is 40.5 Å². The Labute approximate surface area is 93.8 Å². The lowest BCUT2D eigenvalue weighted by Crippen LogP contribution is -2.39. The Morgan fingerprint density at radius 1 is 1.27 bits per heavy atom. The molecule has 0 heterocycles. The molecule has 0 saturated carbocycles. The van der Waals surface area contributed by atoms with Crippen molar-refractivity contribution in [2.45, 2.75) is 46.6 Å². The van der Waals surface area contributed by atoms with Gasteiger partial charge < -0.3 is 4.74 Å². The normalized spacial score (nSPS) is 11.5. The van der Waals surface area contributed by atoms with Crippen LogP contribution in [0.3, 0.4) is 0 Å². The number of carbonyl (C=O) groups is 1. The van der Waals surface area contributed by atoms with Crippen molar-refractivity contribution in [3.8, 4) is 0 Å². The third-order valence-corrected chi connectivity index (χ3v) is 2.94. The van der Waals surface area contributed by atoms with Gasteiger partial charge in [0, 0.05) is 12.6 Å². The van der Waals surface area contributed by atoms with E-state index in [0.717, 1.165) is 6.54 Å². The molecular weight excluding hydrogens is 190 g/mol. The molecule has 0 aliphatic rings. The van der Waals surface area contributed by atoms with Crippen molar-refractivity contribution in [1.82, 2.24) is 4.90 Å². The maximum absolute atomic E-state index is 11.2. The first-order chi connectivity index (χ1) is 7.04. The highest BCUT2D eigenvalue weighted by Crippen LogP contribution is 2.12. The number of methoxy groups -OCH3 is 1. The third-order valence-electron chi connectivity index (χ3n) is 2.94. The van der Waals surface area contributed by atoms with Crippen LogP contribution in [0.15, 0.2) is 0 Å². The number of carbonyl (C=O) groups excluding carboxylic acids is 1. The fourth-order valence-electron chi connectivity index (χ4n) is 1.57. The molecule has 0 N–H and O–H groups in total. The van der Waals surface area contributed by atoms with E-state index in [9.17, 15) is 4.79 Å². The lowest BCUT2D eigenvalue weighted by molar-refractivity contribution is -0.142. The minimum atomic E-state index is -0.144. The molecule has 0 aliphatic carbocycles. The maximum Gasteiger partial charge on any atom is 0.319 e. The highest BCUT2D eigenvalue weighted by Gasteiger charge is 2.17. The van der Waals surface area contributed by atoms with Crippen LogP contribution in [0.25, 0.3) is 0 Å². The number of hydrogen-bond donors (Lipinski definition) is 0. The summed E-state index contributed by atoms with van der Waals surface area (Å²) in [4.78, 5) is 13.4. The summed E-state index contributed by atoms with van der Waals surface area (Å²) in [5.74, 6) is 0.534. The van der Waals surface area contributed by atoms with Crippen molar-refractivity contribution in [2.24, 2.45) is 5.92 Å². The lowest BCUT2D eigenvalue weighted by Gasteiger charge is -2.28. The standard InChI is InChI=1S/C12H25NO2/c1-6-11(7-2)8-13(10(3)4)9-12(14)15-5/h10-11H,6-9H2,1-5H3. The van der Waals surface area contributed by atoms with Crippen molar-refractivity contribution in [1.29, 1.82) is 0 Å². The first-order valence-electron chi connectivity index (χ1n) is 5.85. The molecule has 0 bridgehead atoms. The molecule has 0 spiro atoms. The third kappa shape index (κ3) is 5.78. The Morgan fingerprint density at radius 2 is 1.80 bits per heavy atom. The van der Waals surface area contributed by atoms with Crippen LogP contribution in [0.2, 0.25) is 0 Å². The lowest BCUT2D eigenvalue weighted by atomic mass is 10.0. The van der Waals surface area contributed by atoms with Gasteiger partial charge in [0.15, 0.2) is 0 Å². The van der Waals surface area contributed by atoms with Crippen LogP contribution < -0.4 is 0 Å². The van der Waals surface area contributed by atoms with Crippen LogP contribution >= 0.6 is 0 Å². The summed E-state index contributed by atoms with van der Waals surface area (Å²) >= 11 is 0. The van der Waals surface area contributed by atoms with E-state index in [1.165, 1.54) is 20.0 Å². The molecule has 0 aliphatic heterocycles. The highest BCUT2D eigenvalue weighted by atomic mass is 16.5. The summed E-state index contributed by atoms with van der Waals surface area (Å²) in [5.41, 5.74) is 0. The molecular formula is C12H25NO2. The number of rotatable bonds is 7. The zero-order valence-corrected chi connectivity index (χ0v) is 10.7. The molecule has 0 atom stereocenters. The summed E-state index contributed by atoms with van der Waals surface area (Å²) in [6.07, 6.45) is 2.34. The van der Waals surface area contributed by atoms with Gasteiger partial charge in [0.1, 0.15) is 0 Å². The van der Waals surface area contributed by atoms with Crippen LogP contribution in [0.5, 0.6) is 0 Å². The van der Waals surface area contributed by atoms with Gasteiger partial charge in [0.25, 0.3) is 0 Å². The van der Waals surface area contributed by atoms with Gasteiger partial charge in [-0.1, -0.05) is 26.7 Å². The van der Waals surface area contributed by atoms with E-state index in [-0.39, 0.29) is 5.97 Å². The van der Waals surface area contributed by atoms with Crippen molar-refractivity contribution in [3.63, 3.8) is 0 Å². The van der Waals surface area contributed by atoms with Gasteiger partial charge in [-0.05, 0) is 19.8 Å². The van der Waals surface area contributed by atoms with Crippen LogP contribution in [-0.4, -0.2) is 37.1 Å². The molecule has 90 valence electrons. The molecule has 0 aromatic carbocycles. The second-order valence-corrected chi connectivity index (χ2v) is 4.28. The van der Waals surface area contributed by atoms with E-state index in [1.54, 1.807) is 0 Å². The molecule has 0 unspecified atom stereocenters. The fourth-order valence-corrected chi connectivity index (χ4v) is 1.57. The number of nitrogens with zero attached hydrogens (tertiary/aromatic N) is 1. The Hall–Kier alpha value is -0.570. The van der Waals surface area contributed by atoms with Crippen LogP contribution in [0, 0.1) is 5.92 Å². The zero-order chi connectivity index (χ0) is 11.8. The predicted molar refractivity (Wildman–Crippen MR) is 62.8 cm³/mol. The van der Waals surface area contributed by atoms with Gasteiger partial charge in [-0.2, -0.15) is 0 Å². The zero-order valence-electron chi connectivity index (χ0n) is 10.7. The number of esters is 1. The Balaban J connectivity index is 4.20. The average molecular weight is 215 g/mol. The van der Waals surface area contributed by atoms with Crippen molar-refractivity contribution >= 4 is 5.97 Å². The van der Waals surface area contributed by atoms with Gasteiger partial charge >= 0.3 is 5.97 Å². The van der Waals surface area contributed by atoms with Crippen molar-refractivity contribution in [2.75, 3.05) is 20.2 Å². The number of ether oxygens (including phenoxy) is 1. The molecule has 15 heavy (non-hydrogen) atoms. The minimum Gasteiger partial charge on any atom is -0.468 e. The number of hydrogen-bond acceptors (Lipinski definition) is 3. The molecule has 0 radical (unpaired) electrons. The quantitative estimate of drug-likeness (QED) is 0.610. The van der Waals surface area contributed by atoms with E-state index < -0.39 is 0 Å². The Morgan fingerprint density at radius 3 is 2.13 bits per heavy atom. The Bertz CT molecular complexity index is 176. The minimum absolute atomic E-state index is 0.144. The van der Waals surface area contributed by atoms with Gasteiger partial charge in [-0.15, -0.1) is 0 Å². The van der Waals surface area contributed by atoms with Crippen molar-refractivity contribution in [3.05, 3.63) is 0 Å². The smallest absolute Gasteiger partial charge is 0.319 e. The molecule has 0 saturated heterocycles. The molecule has 3 heteroatoms. The van der Waals surface area contributed by atoms with E-state index in [2.05, 4.69) is 32.6 Å². The van der Waals surface area contributed by atoms with Crippen LogP contribution in [0.4, 0.5) is 0 Å². The van der Waals surface area contributed by atoms with E-state index in [4.69, 9.17) is 4.74 Å². The van der Waals surface area contributed by atoms with Gasteiger partial charge in [-0.25, -0.2) is 0 Å². The van der Waals surface area contributed by atoms with E-state index >= 15 is 0 Å². The predicted octanol–water partition coefficient (Wildman–Crippen LogP) is 2.31. The molecule has 0 aromatic heterocycles. The fraction of sp³-hybridized carbons (Fsp3) is 0.917. The van der Waals surface area contributed by atoms with Gasteiger partial charge in [0.05, 0.1) is 13.7 Å². The average Bonchev–Trinajstić information content (AvgIpc) is 2.23. The second-order valence-electron chi connectivity index (χ2n) is 4.28. The SMILES string of the molecule is CCC(CC)CN(CC(=O)OC)C(C)C. The summed E-state index contributed by atoms with van der Waals surface area (Å²) in [7, 11) is 1.44. The first-order valence-corrected chi connectivity index (χ1v) is 5.85. The van der Waals surface area contributed by atoms with E-state index in [1.807, 2.05) is 0 Å². The second kappa shape index (κ2) is 7.69. The summed E-state index contributed by atoms with van der Waals surface area (Å²) in [6, 6.07) is 0.393. The van der Waals surface area contributed by atoms with Crippen LogP contribution in [-0.2, 0) is 9.53 Å². The monoisotopic (exact) mass is 215 g/mol. The Kier molecular flexibility index (Phi) is 7.39. The van der Waals surface area contributed by atoms with E-state index in [0.29, 0.717) is 18.5 Å². The summed E-state index contributed by atoms with van der Waals surface area (Å²) in [5, 5.41) is 0. The molecule has 0 fully saturated rings. The van der Waals surface area contributed by atoms with Gasteiger partial charge in [0.2, 0.25) is 0 Å². The molecule has 3 nitrogen and oxygen atoms in total. The van der Waals surface area contributed by atoms with Crippen molar-refractivity contribution < 1.29 is 9.53 Å².